The molecule has 122 valence electrons. The van der Waals surface area contributed by atoms with E-state index in [2.05, 4.69) is 5.32 Å². The molecule has 1 heterocycles. The summed E-state index contributed by atoms with van der Waals surface area (Å²) in [7, 11) is 0. The first kappa shape index (κ1) is 17.7. The van der Waals surface area contributed by atoms with Crippen molar-refractivity contribution < 1.29 is 27.9 Å². The fourth-order valence-corrected chi connectivity index (χ4v) is 2.30. The smallest absolute Gasteiger partial charge is 0.405 e. The van der Waals surface area contributed by atoms with Crippen molar-refractivity contribution in [2.75, 3.05) is 39.3 Å². The molecule has 0 aromatic rings. The highest BCUT2D eigenvalue weighted by Gasteiger charge is 2.28. The van der Waals surface area contributed by atoms with Gasteiger partial charge in [0, 0.05) is 6.54 Å². The Bertz CT molecular complexity index is 363. The van der Waals surface area contributed by atoms with Gasteiger partial charge in [0.1, 0.15) is 6.54 Å². The van der Waals surface area contributed by atoms with Gasteiger partial charge in [-0.05, 0) is 31.8 Å². The summed E-state index contributed by atoms with van der Waals surface area (Å²) in [5.74, 6) is -1.38. The number of hydrogen-bond donors (Lipinski definition) is 3. The van der Waals surface area contributed by atoms with E-state index in [1.165, 1.54) is 0 Å². The van der Waals surface area contributed by atoms with Crippen LogP contribution in [0, 0.1) is 5.92 Å². The van der Waals surface area contributed by atoms with Gasteiger partial charge in [0.2, 0.25) is 5.91 Å². The summed E-state index contributed by atoms with van der Waals surface area (Å²) in [6, 6.07) is 0. The average molecular weight is 311 g/mol. The van der Waals surface area contributed by atoms with Crippen LogP contribution in [0.2, 0.25) is 0 Å². The van der Waals surface area contributed by atoms with E-state index in [4.69, 9.17) is 5.11 Å². The number of rotatable bonds is 7. The second kappa shape index (κ2) is 8.18. The second-order valence-electron chi connectivity index (χ2n) is 5.16. The third kappa shape index (κ3) is 8.51. The molecule has 21 heavy (non-hydrogen) atoms. The number of carboxylic acid groups (broad SMARTS) is 1. The van der Waals surface area contributed by atoms with Gasteiger partial charge in [0.15, 0.2) is 0 Å². The average Bonchev–Trinajstić information content (AvgIpc) is 2.36. The largest absolute Gasteiger partial charge is 0.480 e. The molecule has 1 aliphatic heterocycles. The van der Waals surface area contributed by atoms with E-state index in [-0.39, 0.29) is 19.0 Å². The third-order valence-corrected chi connectivity index (χ3v) is 3.17. The lowest BCUT2D eigenvalue weighted by molar-refractivity contribution is -0.139. The molecular weight excluding hydrogens is 291 g/mol. The number of carbonyl (C=O) groups is 2. The third-order valence-electron chi connectivity index (χ3n) is 3.17. The van der Waals surface area contributed by atoms with Gasteiger partial charge in [-0.25, -0.2) is 0 Å². The minimum atomic E-state index is -4.40. The van der Waals surface area contributed by atoms with Gasteiger partial charge < -0.3 is 15.7 Å². The van der Waals surface area contributed by atoms with Crippen LogP contribution in [0.5, 0.6) is 0 Å². The lowest BCUT2D eigenvalue weighted by Gasteiger charge is -2.32. The molecule has 0 aromatic carbocycles. The molecule has 3 N–H and O–H groups in total. The molecule has 0 aliphatic carbocycles. The van der Waals surface area contributed by atoms with Crippen LogP contribution in [-0.4, -0.2) is 67.3 Å². The van der Waals surface area contributed by atoms with Crippen LogP contribution in [0.15, 0.2) is 0 Å². The van der Waals surface area contributed by atoms with Crippen LogP contribution >= 0.6 is 0 Å². The summed E-state index contributed by atoms with van der Waals surface area (Å²) >= 11 is 0. The molecule has 6 nitrogen and oxygen atoms in total. The number of amides is 1. The molecule has 9 heteroatoms. The Hall–Kier alpha value is -1.35. The number of nitrogens with zero attached hydrogens (tertiary/aromatic N) is 1. The van der Waals surface area contributed by atoms with Crippen LogP contribution in [-0.2, 0) is 9.59 Å². The molecule has 1 atom stereocenters. The first-order valence-corrected chi connectivity index (χ1v) is 6.74. The highest BCUT2D eigenvalue weighted by Crippen LogP contribution is 2.15. The molecule has 1 saturated heterocycles. The maximum absolute atomic E-state index is 12.0. The molecule has 1 rings (SSSR count). The molecule has 0 radical (unpaired) electrons. The first-order valence-electron chi connectivity index (χ1n) is 6.74. The standard InChI is InChI=1S/C12H20F3N3O3/c13-12(14,15)8-17-10(19)7-18-3-1-2-9(6-18)4-16-5-11(20)21/h9,16H,1-8H2,(H,17,19)(H,20,21). The lowest BCUT2D eigenvalue weighted by atomic mass is 9.98. The Labute approximate surface area is 120 Å². The summed E-state index contributed by atoms with van der Waals surface area (Å²) in [4.78, 5) is 23.6. The normalized spacial score (nSPS) is 20.2. The summed E-state index contributed by atoms with van der Waals surface area (Å²) in [5, 5.41) is 13.2. The number of nitrogens with one attached hydrogen (secondary N) is 2. The van der Waals surface area contributed by atoms with Crippen LogP contribution in [0.3, 0.4) is 0 Å². The Balaban J connectivity index is 2.25. The number of likely N-dealkylation sites (tertiary alicyclic amines) is 1. The maximum atomic E-state index is 12.0. The van der Waals surface area contributed by atoms with Gasteiger partial charge in [-0.15, -0.1) is 0 Å². The molecule has 0 bridgehead atoms. The van der Waals surface area contributed by atoms with Crippen molar-refractivity contribution in [1.29, 1.82) is 0 Å². The zero-order valence-corrected chi connectivity index (χ0v) is 11.6. The fraction of sp³-hybridized carbons (Fsp3) is 0.833. The Morgan fingerprint density at radius 2 is 2.05 bits per heavy atom. The van der Waals surface area contributed by atoms with Crippen molar-refractivity contribution in [2.24, 2.45) is 5.92 Å². The molecule has 1 amide bonds. The van der Waals surface area contributed by atoms with Crippen molar-refractivity contribution in [1.82, 2.24) is 15.5 Å². The van der Waals surface area contributed by atoms with Crippen molar-refractivity contribution in [3.63, 3.8) is 0 Å². The monoisotopic (exact) mass is 311 g/mol. The quantitative estimate of drug-likeness (QED) is 0.619. The predicted octanol–water partition coefficient (Wildman–Crippen LogP) is 0.0511. The van der Waals surface area contributed by atoms with E-state index in [0.717, 1.165) is 12.8 Å². The minimum Gasteiger partial charge on any atom is -0.480 e. The van der Waals surface area contributed by atoms with Crippen LogP contribution < -0.4 is 10.6 Å². The topological polar surface area (TPSA) is 81.7 Å². The Morgan fingerprint density at radius 3 is 2.67 bits per heavy atom. The zero-order chi connectivity index (χ0) is 15.9. The SMILES string of the molecule is O=C(O)CNCC1CCCN(CC(=O)NCC(F)(F)F)C1. The predicted molar refractivity (Wildman–Crippen MR) is 68.7 cm³/mol. The van der Waals surface area contributed by atoms with Gasteiger partial charge in [-0.3, -0.25) is 14.5 Å². The van der Waals surface area contributed by atoms with Crippen LogP contribution in [0.25, 0.3) is 0 Å². The number of halogens is 3. The van der Waals surface area contributed by atoms with E-state index < -0.39 is 24.6 Å². The summed E-state index contributed by atoms with van der Waals surface area (Å²) in [5.41, 5.74) is 0. The van der Waals surface area contributed by atoms with Gasteiger partial charge in [0.05, 0.1) is 13.1 Å². The number of piperidine rings is 1. The fourth-order valence-electron chi connectivity index (χ4n) is 2.30. The van der Waals surface area contributed by atoms with Gasteiger partial charge in [0.25, 0.3) is 0 Å². The summed E-state index contributed by atoms with van der Waals surface area (Å²) in [6.45, 7) is 0.255. The number of alkyl halides is 3. The number of carboxylic acids is 1. The molecule has 1 aliphatic rings. The molecule has 0 saturated carbocycles. The van der Waals surface area contributed by atoms with Crippen molar-refractivity contribution in [3.05, 3.63) is 0 Å². The molecule has 0 spiro atoms. The van der Waals surface area contributed by atoms with E-state index in [1.807, 2.05) is 5.32 Å². The van der Waals surface area contributed by atoms with E-state index >= 15 is 0 Å². The highest BCUT2D eigenvalue weighted by atomic mass is 19.4. The summed E-state index contributed by atoms with van der Waals surface area (Å²) < 4.78 is 35.9. The summed E-state index contributed by atoms with van der Waals surface area (Å²) in [6.07, 6.45) is -2.65. The number of carbonyl (C=O) groups excluding carboxylic acids is 1. The minimum absolute atomic E-state index is 0.0640. The van der Waals surface area contributed by atoms with Crippen molar-refractivity contribution >= 4 is 11.9 Å². The number of hydrogen-bond acceptors (Lipinski definition) is 4. The molecule has 1 unspecified atom stereocenters. The van der Waals surface area contributed by atoms with Crippen LogP contribution in [0.1, 0.15) is 12.8 Å². The van der Waals surface area contributed by atoms with E-state index in [9.17, 15) is 22.8 Å². The van der Waals surface area contributed by atoms with Gasteiger partial charge in [-0.1, -0.05) is 0 Å². The van der Waals surface area contributed by atoms with Crippen LogP contribution in [0.4, 0.5) is 13.2 Å². The van der Waals surface area contributed by atoms with Gasteiger partial charge >= 0.3 is 12.1 Å². The number of aliphatic carboxylic acids is 1. The zero-order valence-electron chi connectivity index (χ0n) is 11.6. The first-order chi connectivity index (χ1) is 9.76. The lowest BCUT2D eigenvalue weighted by Crippen LogP contribution is -2.46. The van der Waals surface area contributed by atoms with E-state index in [0.29, 0.717) is 19.6 Å². The highest BCUT2D eigenvalue weighted by molar-refractivity contribution is 5.78. The van der Waals surface area contributed by atoms with Gasteiger partial charge in [-0.2, -0.15) is 13.2 Å². The molecule has 1 fully saturated rings. The van der Waals surface area contributed by atoms with E-state index in [1.54, 1.807) is 4.90 Å². The van der Waals surface area contributed by atoms with Crippen molar-refractivity contribution in [3.8, 4) is 0 Å². The molecule has 0 aromatic heterocycles. The Kier molecular flexibility index (Phi) is 6.90. The molecular formula is C12H20F3N3O3. The van der Waals surface area contributed by atoms with Crippen molar-refractivity contribution in [2.45, 2.75) is 19.0 Å². The maximum Gasteiger partial charge on any atom is 0.405 e. The Morgan fingerprint density at radius 1 is 1.33 bits per heavy atom. The second-order valence-corrected chi connectivity index (χ2v) is 5.16.